The van der Waals surface area contributed by atoms with E-state index in [0.717, 1.165) is 23.5 Å². The van der Waals surface area contributed by atoms with Crippen LogP contribution in [0.5, 0.6) is 0 Å². The summed E-state index contributed by atoms with van der Waals surface area (Å²) >= 11 is 0. The van der Waals surface area contributed by atoms with Crippen LogP contribution in [0.1, 0.15) is 43.0 Å². The Labute approximate surface area is 107 Å². The quantitative estimate of drug-likeness (QED) is 0.853. The molecule has 0 saturated heterocycles. The van der Waals surface area contributed by atoms with Crippen LogP contribution in [0.3, 0.4) is 0 Å². The van der Waals surface area contributed by atoms with Crippen LogP contribution in [0, 0.1) is 12.8 Å². The van der Waals surface area contributed by atoms with Gasteiger partial charge >= 0.3 is 0 Å². The highest BCUT2D eigenvalue weighted by atomic mass is 15.0. The van der Waals surface area contributed by atoms with Crippen LogP contribution in [0.4, 0.5) is 0 Å². The number of rotatable bonds is 2. The second-order valence-corrected chi connectivity index (χ2v) is 5.46. The van der Waals surface area contributed by atoms with Crippen LogP contribution >= 0.6 is 0 Å². The molecule has 1 fully saturated rings. The molecular formula is C14H20N4. The molecule has 96 valence electrons. The van der Waals surface area contributed by atoms with E-state index < -0.39 is 0 Å². The first-order chi connectivity index (χ1) is 8.76. The number of nitrogens with one attached hydrogen (secondary N) is 1. The number of pyridine rings is 1. The van der Waals surface area contributed by atoms with Gasteiger partial charge in [0.25, 0.3) is 0 Å². The van der Waals surface area contributed by atoms with Gasteiger partial charge < -0.3 is 10.7 Å². The van der Waals surface area contributed by atoms with E-state index in [1.54, 1.807) is 0 Å². The fourth-order valence-corrected chi connectivity index (χ4v) is 2.89. The summed E-state index contributed by atoms with van der Waals surface area (Å²) < 4.78 is 0. The summed E-state index contributed by atoms with van der Waals surface area (Å²) in [4.78, 5) is 12.4. The summed E-state index contributed by atoms with van der Waals surface area (Å²) in [6.07, 6.45) is 6.72. The lowest BCUT2D eigenvalue weighted by Crippen LogP contribution is -2.21. The van der Waals surface area contributed by atoms with Crippen molar-refractivity contribution in [3.8, 4) is 0 Å². The summed E-state index contributed by atoms with van der Waals surface area (Å²) in [5.74, 6) is 2.38. The van der Waals surface area contributed by atoms with Crippen LogP contribution < -0.4 is 5.73 Å². The maximum atomic E-state index is 5.73. The van der Waals surface area contributed by atoms with E-state index in [2.05, 4.69) is 27.9 Å². The number of aromatic amines is 1. The molecule has 3 rings (SSSR count). The lowest BCUT2D eigenvalue weighted by molar-refractivity contribution is 0.326. The molecule has 0 unspecified atom stereocenters. The van der Waals surface area contributed by atoms with Gasteiger partial charge in [-0.1, -0.05) is 0 Å². The van der Waals surface area contributed by atoms with Crippen molar-refractivity contribution in [2.24, 2.45) is 11.7 Å². The Hall–Kier alpha value is -1.42. The zero-order chi connectivity index (χ0) is 12.5. The molecule has 1 aliphatic carbocycles. The largest absolute Gasteiger partial charge is 0.340 e. The van der Waals surface area contributed by atoms with Crippen molar-refractivity contribution in [3.05, 3.63) is 23.7 Å². The fraction of sp³-hybridized carbons (Fsp3) is 0.571. The number of hydrogen-bond acceptors (Lipinski definition) is 3. The zero-order valence-electron chi connectivity index (χ0n) is 10.8. The second kappa shape index (κ2) is 4.69. The minimum Gasteiger partial charge on any atom is -0.340 e. The summed E-state index contributed by atoms with van der Waals surface area (Å²) in [5.41, 5.74) is 8.81. The van der Waals surface area contributed by atoms with Crippen molar-refractivity contribution in [1.82, 2.24) is 15.0 Å². The van der Waals surface area contributed by atoms with Gasteiger partial charge in [-0.05, 0) is 56.7 Å². The molecule has 0 aromatic carbocycles. The van der Waals surface area contributed by atoms with Gasteiger partial charge in [0.2, 0.25) is 0 Å². The normalized spacial score (nSPS) is 24.6. The maximum Gasteiger partial charge on any atom is 0.177 e. The van der Waals surface area contributed by atoms with Crippen molar-refractivity contribution in [2.45, 2.75) is 38.5 Å². The zero-order valence-corrected chi connectivity index (χ0v) is 10.8. The first-order valence-electron chi connectivity index (χ1n) is 6.78. The topological polar surface area (TPSA) is 67.6 Å². The smallest absolute Gasteiger partial charge is 0.177 e. The number of imidazole rings is 1. The number of aryl methyl sites for hydroxylation is 1. The molecule has 0 bridgehead atoms. The van der Waals surface area contributed by atoms with Crippen molar-refractivity contribution in [1.29, 1.82) is 0 Å². The Bertz CT molecular complexity index is 538. The number of hydrogen-bond donors (Lipinski definition) is 2. The lowest BCUT2D eigenvalue weighted by atomic mass is 9.82. The molecular weight excluding hydrogens is 224 g/mol. The van der Waals surface area contributed by atoms with Gasteiger partial charge in [0.05, 0.1) is 5.52 Å². The molecule has 0 spiro atoms. The third kappa shape index (κ3) is 2.12. The van der Waals surface area contributed by atoms with Gasteiger partial charge in [0, 0.05) is 12.1 Å². The minimum atomic E-state index is 0.558. The number of H-pyrrole nitrogens is 1. The molecule has 4 heteroatoms. The first kappa shape index (κ1) is 11.7. The average Bonchev–Trinajstić information content (AvgIpc) is 2.81. The van der Waals surface area contributed by atoms with E-state index in [-0.39, 0.29) is 0 Å². The third-order valence-electron chi connectivity index (χ3n) is 4.06. The number of nitrogens with zero attached hydrogens (tertiary/aromatic N) is 2. The van der Waals surface area contributed by atoms with Gasteiger partial charge in [0.15, 0.2) is 5.65 Å². The maximum absolute atomic E-state index is 5.73. The van der Waals surface area contributed by atoms with Gasteiger partial charge in [0.1, 0.15) is 5.82 Å². The average molecular weight is 244 g/mol. The van der Waals surface area contributed by atoms with Crippen LogP contribution in [0.2, 0.25) is 0 Å². The predicted molar refractivity (Wildman–Crippen MR) is 72.4 cm³/mol. The first-order valence-corrected chi connectivity index (χ1v) is 6.78. The Balaban J connectivity index is 1.82. The summed E-state index contributed by atoms with van der Waals surface area (Å²) in [7, 11) is 0. The number of aromatic nitrogens is 3. The van der Waals surface area contributed by atoms with Gasteiger partial charge in [-0.25, -0.2) is 9.97 Å². The monoisotopic (exact) mass is 244 g/mol. The van der Waals surface area contributed by atoms with Crippen LogP contribution in [0.25, 0.3) is 11.2 Å². The minimum absolute atomic E-state index is 0.558. The molecule has 3 N–H and O–H groups in total. The molecule has 0 radical (unpaired) electrons. The molecule has 2 aromatic rings. The van der Waals surface area contributed by atoms with E-state index in [1.165, 1.54) is 31.2 Å². The van der Waals surface area contributed by atoms with E-state index in [4.69, 9.17) is 5.73 Å². The van der Waals surface area contributed by atoms with E-state index in [1.807, 2.05) is 6.20 Å². The van der Waals surface area contributed by atoms with Crippen LogP contribution in [-0.4, -0.2) is 21.5 Å². The molecule has 4 nitrogen and oxygen atoms in total. The summed E-state index contributed by atoms with van der Waals surface area (Å²) in [5, 5.41) is 0. The molecule has 0 aliphatic heterocycles. The Kier molecular flexibility index (Phi) is 3.04. The fourth-order valence-electron chi connectivity index (χ4n) is 2.89. The standard InChI is InChI=1S/C14H20N4/c1-9-6-12-14(16-8-9)18-13(17-12)11-4-2-10(7-15)3-5-11/h6,8,10-11H,2-5,7,15H2,1H3,(H,16,17,18). The SMILES string of the molecule is Cc1cnc2nc(C3CCC(CN)CC3)[nH]c2c1. The van der Waals surface area contributed by atoms with Gasteiger partial charge in [-0.3, -0.25) is 0 Å². The number of fused-ring (bicyclic) bond motifs is 1. The molecule has 2 aromatic heterocycles. The summed E-state index contributed by atoms with van der Waals surface area (Å²) in [6.45, 7) is 2.88. The Morgan fingerprint density at radius 1 is 1.33 bits per heavy atom. The molecule has 1 saturated carbocycles. The van der Waals surface area contributed by atoms with E-state index in [9.17, 15) is 0 Å². The van der Waals surface area contributed by atoms with Crippen LogP contribution in [0.15, 0.2) is 12.3 Å². The summed E-state index contributed by atoms with van der Waals surface area (Å²) in [6, 6.07) is 2.12. The van der Waals surface area contributed by atoms with Crippen molar-refractivity contribution in [2.75, 3.05) is 6.54 Å². The number of nitrogens with two attached hydrogens (primary N) is 1. The highest BCUT2D eigenvalue weighted by Crippen LogP contribution is 2.34. The van der Waals surface area contributed by atoms with Crippen molar-refractivity contribution < 1.29 is 0 Å². The lowest BCUT2D eigenvalue weighted by Gasteiger charge is -2.26. The molecule has 0 amide bonds. The van der Waals surface area contributed by atoms with E-state index in [0.29, 0.717) is 11.8 Å². The molecule has 0 atom stereocenters. The van der Waals surface area contributed by atoms with Gasteiger partial charge in [-0.2, -0.15) is 0 Å². The Morgan fingerprint density at radius 2 is 2.11 bits per heavy atom. The Morgan fingerprint density at radius 3 is 2.83 bits per heavy atom. The van der Waals surface area contributed by atoms with Gasteiger partial charge in [-0.15, -0.1) is 0 Å². The van der Waals surface area contributed by atoms with Crippen molar-refractivity contribution >= 4 is 11.2 Å². The van der Waals surface area contributed by atoms with E-state index >= 15 is 0 Å². The van der Waals surface area contributed by atoms with Crippen LogP contribution in [-0.2, 0) is 0 Å². The highest BCUT2D eigenvalue weighted by Gasteiger charge is 2.23. The third-order valence-corrected chi connectivity index (χ3v) is 4.06. The molecule has 1 aliphatic rings. The predicted octanol–water partition coefficient (Wildman–Crippen LogP) is 2.50. The molecule has 18 heavy (non-hydrogen) atoms. The highest BCUT2D eigenvalue weighted by molar-refractivity contribution is 5.71. The van der Waals surface area contributed by atoms with Crippen molar-refractivity contribution in [3.63, 3.8) is 0 Å². The second-order valence-electron chi connectivity index (χ2n) is 5.46. The molecule has 2 heterocycles.